The Balaban J connectivity index is 1.59. The van der Waals surface area contributed by atoms with Gasteiger partial charge in [-0.15, -0.1) is 0 Å². The van der Waals surface area contributed by atoms with Crippen molar-refractivity contribution in [1.29, 1.82) is 0 Å². The second-order valence-corrected chi connectivity index (χ2v) is 8.21. The number of hydrogen-bond acceptors (Lipinski definition) is 4. The van der Waals surface area contributed by atoms with Gasteiger partial charge in [-0.25, -0.2) is 0 Å². The largest absolute Gasteiger partial charge is 0.490 e. The first-order valence-electron chi connectivity index (χ1n) is 10.5. The number of anilines is 1. The van der Waals surface area contributed by atoms with E-state index in [2.05, 4.69) is 0 Å². The van der Waals surface area contributed by atoms with Crippen LogP contribution in [0.25, 0.3) is 6.08 Å². The minimum atomic E-state index is -0.173. The lowest BCUT2D eigenvalue weighted by atomic mass is 10.1. The topological polar surface area (TPSA) is 42.0 Å². The molecule has 168 valence electrons. The Bertz CT molecular complexity index is 1210. The summed E-state index contributed by atoms with van der Waals surface area (Å²) in [7, 11) is 1.79. The van der Waals surface area contributed by atoms with Crippen LogP contribution in [0.1, 0.15) is 18.1 Å². The Labute approximate surface area is 203 Å². The predicted molar refractivity (Wildman–Crippen MR) is 136 cm³/mol. The molecule has 3 aromatic rings. The van der Waals surface area contributed by atoms with Gasteiger partial charge in [0.15, 0.2) is 16.6 Å². The first-order chi connectivity index (χ1) is 16.0. The van der Waals surface area contributed by atoms with E-state index in [-0.39, 0.29) is 5.91 Å². The lowest BCUT2D eigenvalue weighted by molar-refractivity contribution is -0.114. The van der Waals surface area contributed by atoms with Gasteiger partial charge in [-0.3, -0.25) is 9.69 Å². The molecular formula is C26H23ClN2O3S. The average Bonchev–Trinajstić information content (AvgIpc) is 3.02. The molecular weight excluding hydrogens is 456 g/mol. The van der Waals surface area contributed by atoms with Crippen LogP contribution in [0.5, 0.6) is 11.5 Å². The first kappa shape index (κ1) is 22.8. The van der Waals surface area contributed by atoms with E-state index in [0.717, 1.165) is 16.8 Å². The molecule has 4 rings (SSSR count). The summed E-state index contributed by atoms with van der Waals surface area (Å²) < 4.78 is 11.8. The fourth-order valence-corrected chi connectivity index (χ4v) is 4.01. The smallest absolute Gasteiger partial charge is 0.281 e. The third kappa shape index (κ3) is 5.02. The van der Waals surface area contributed by atoms with Crippen molar-refractivity contribution in [2.75, 3.05) is 18.6 Å². The van der Waals surface area contributed by atoms with Gasteiger partial charge >= 0.3 is 0 Å². The van der Waals surface area contributed by atoms with E-state index < -0.39 is 0 Å². The molecule has 5 nitrogen and oxygen atoms in total. The maximum absolute atomic E-state index is 13.2. The molecule has 1 saturated heterocycles. The predicted octanol–water partition coefficient (Wildman–Crippen LogP) is 5.92. The monoisotopic (exact) mass is 478 g/mol. The zero-order valence-corrected chi connectivity index (χ0v) is 19.9. The van der Waals surface area contributed by atoms with Gasteiger partial charge in [0.1, 0.15) is 12.3 Å². The number of hydrogen-bond donors (Lipinski definition) is 0. The van der Waals surface area contributed by atoms with Gasteiger partial charge in [0.2, 0.25) is 0 Å². The van der Waals surface area contributed by atoms with Crippen molar-refractivity contribution < 1.29 is 14.3 Å². The van der Waals surface area contributed by atoms with Crippen LogP contribution in [-0.2, 0) is 11.4 Å². The minimum Gasteiger partial charge on any atom is -0.490 e. The molecule has 0 aliphatic carbocycles. The Hall–Kier alpha value is -3.35. The van der Waals surface area contributed by atoms with Gasteiger partial charge in [-0.05, 0) is 72.7 Å². The normalized spacial score (nSPS) is 14.8. The highest BCUT2D eigenvalue weighted by molar-refractivity contribution is 7.80. The Morgan fingerprint density at radius 2 is 1.76 bits per heavy atom. The lowest BCUT2D eigenvalue weighted by Gasteiger charge is -2.16. The third-order valence-electron chi connectivity index (χ3n) is 5.13. The summed E-state index contributed by atoms with van der Waals surface area (Å²) >= 11 is 11.6. The maximum Gasteiger partial charge on any atom is 0.281 e. The molecule has 0 radical (unpaired) electrons. The van der Waals surface area contributed by atoms with Crippen LogP contribution < -0.4 is 14.4 Å². The maximum atomic E-state index is 13.2. The molecule has 0 atom stereocenters. The van der Waals surface area contributed by atoms with Crippen LogP contribution in [0.4, 0.5) is 5.69 Å². The quantitative estimate of drug-likeness (QED) is 0.311. The number of nitrogens with zero attached hydrogens (tertiary/aromatic N) is 2. The number of halogens is 1. The molecule has 0 saturated carbocycles. The molecule has 1 aliphatic rings. The number of para-hydroxylation sites is 1. The Morgan fingerprint density at radius 3 is 2.48 bits per heavy atom. The third-order valence-corrected chi connectivity index (χ3v) is 5.82. The van der Waals surface area contributed by atoms with Crippen molar-refractivity contribution >= 4 is 46.6 Å². The molecule has 1 aliphatic heterocycles. The van der Waals surface area contributed by atoms with Crippen molar-refractivity contribution in [3.8, 4) is 11.5 Å². The average molecular weight is 479 g/mol. The summed E-state index contributed by atoms with van der Waals surface area (Å²) in [6.45, 7) is 2.76. The first-order valence-corrected chi connectivity index (χ1v) is 11.3. The zero-order valence-electron chi connectivity index (χ0n) is 18.3. The van der Waals surface area contributed by atoms with E-state index in [1.165, 1.54) is 4.90 Å². The van der Waals surface area contributed by atoms with Gasteiger partial charge in [0, 0.05) is 12.1 Å². The molecule has 0 N–H and O–H groups in total. The number of carbonyl (C=O) groups is 1. The van der Waals surface area contributed by atoms with Gasteiger partial charge in [-0.1, -0.05) is 48.0 Å². The van der Waals surface area contributed by atoms with Crippen molar-refractivity contribution in [2.45, 2.75) is 13.5 Å². The van der Waals surface area contributed by atoms with E-state index in [4.69, 9.17) is 33.3 Å². The number of rotatable bonds is 7. The number of amides is 1. The van der Waals surface area contributed by atoms with Crippen LogP contribution in [0.2, 0.25) is 5.02 Å². The summed E-state index contributed by atoms with van der Waals surface area (Å²) in [6, 6.07) is 22.5. The van der Waals surface area contributed by atoms with Crippen LogP contribution in [0.3, 0.4) is 0 Å². The molecule has 0 spiro atoms. The molecule has 0 bridgehead atoms. The van der Waals surface area contributed by atoms with E-state index in [0.29, 0.717) is 40.5 Å². The number of ether oxygens (including phenoxy) is 2. The summed E-state index contributed by atoms with van der Waals surface area (Å²) in [5, 5.41) is 1.10. The van der Waals surface area contributed by atoms with Crippen LogP contribution in [-0.4, -0.2) is 29.6 Å². The van der Waals surface area contributed by atoms with Gasteiger partial charge in [0.25, 0.3) is 5.91 Å². The summed E-state index contributed by atoms with van der Waals surface area (Å²) in [4.78, 5) is 16.4. The molecule has 0 unspecified atom stereocenters. The second-order valence-electron chi connectivity index (χ2n) is 7.41. The molecule has 1 fully saturated rings. The lowest BCUT2D eigenvalue weighted by Crippen LogP contribution is -2.30. The summed E-state index contributed by atoms with van der Waals surface area (Å²) in [5.74, 6) is 1.05. The van der Waals surface area contributed by atoms with Crippen LogP contribution in [0.15, 0.2) is 78.5 Å². The fraction of sp³-hybridized carbons (Fsp3) is 0.154. The molecule has 1 amide bonds. The molecule has 33 heavy (non-hydrogen) atoms. The van der Waals surface area contributed by atoms with Gasteiger partial charge < -0.3 is 14.4 Å². The molecule has 1 heterocycles. The van der Waals surface area contributed by atoms with E-state index in [9.17, 15) is 4.79 Å². The van der Waals surface area contributed by atoms with Gasteiger partial charge in [-0.2, -0.15) is 0 Å². The molecule has 0 aromatic heterocycles. The highest BCUT2D eigenvalue weighted by Gasteiger charge is 2.36. The van der Waals surface area contributed by atoms with Crippen LogP contribution in [0, 0.1) is 0 Å². The van der Waals surface area contributed by atoms with E-state index in [1.807, 2.05) is 79.7 Å². The second kappa shape index (κ2) is 10.1. The van der Waals surface area contributed by atoms with Crippen molar-refractivity contribution in [3.05, 3.63) is 94.6 Å². The Morgan fingerprint density at radius 1 is 0.970 bits per heavy atom. The Kier molecular flexibility index (Phi) is 6.96. The molecule has 7 heteroatoms. The number of carbonyl (C=O) groups excluding carboxylic acids is 1. The minimum absolute atomic E-state index is 0.173. The zero-order chi connectivity index (χ0) is 23.4. The standard InChI is InChI=1S/C26H23ClN2O3S/c1-3-31-24-16-18(12-13-23(24)32-17-19-8-7-9-20(27)14-19)15-22-25(30)29(26(33)28(22)2)21-10-5-4-6-11-21/h4-16H,3,17H2,1-2H3/b22-15-. The summed E-state index contributed by atoms with van der Waals surface area (Å²) in [5.41, 5.74) is 2.99. The van der Waals surface area contributed by atoms with Crippen molar-refractivity contribution in [2.24, 2.45) is 0 Å². The van der Waals surface area contributed by atoms with Crippen molar-refractivity contribution in [3.63, 3.8) is 0 Å². The fourth-order valence-electron chi connectivity index (χ4n) is 3.51. The highest BCUT2D eigenvalue weighted by atomic mass is 35.5. The van der Waals surface area contributed by atoms with E-state index >= 15 is 0 Å². The highest BCUT2D eigenvalue weighted by Crippen LogP contribution is 2.32. The number of thiocarbonyl (C=S) groups is 1. The van der Waals surface area contributed by atoms with Crippen LogP contribution >= 0.6 is 23.8 Å². The van der Waals surface area contributed by atoms with Gasteiger partial charge in [0.05, 0.1) is 12.3 Å². The van der Waals surface area contributed by atoms with E-state index in [1.54, 1.807) is 18.0 Å². The number of benzene rings is 3. The number of likely N-dealkylation sites (N-methyl/N-ethyl adjacent to an activating group) is 1. The summed E-state index contributed by atoms with van der Waals surface area (Å²) in [6.07, 6.45) is 1.81. The SMILES string of the molecule is CCOc1cc(/C=C2/C(=O)N(c3ccccc3)C(=S)N2C)ccc1OCc1cccc(Cl)c1. The molecule has 3 aromatic carbocycles. The van der Waals surface area contributed by atoms with Crippen molar-refractivity contribution in [1.82, 2.24) is 4.90 Å².